The van der Waals surface area contributed by atoms with Crippen LogP contribution in [0.15, 0.2) is 23.9 Å². The van der Waals surface area contributed by atoms with E-state index in [0.29, 0.717) is 11.6 Å². The van der Waals surface area contributed by atoms with Gasteiger partial charge in [-0.3, -0.25) is 4.79 Å². The van der Waals surface area contributed by atoms with Crippen LogP contribution in [0.5, 0.6) is 0 Å². The largest absolute Gasteiger partial charge is 0.354 e. The number of nitrogens with zero attached hydrogens (tertiary/aromatic N) is 3. The molecule has 0 unspecified atom stereocenters. The van der Waals surface area contributed by atoms with Crippen molar-refractivity contribution in [1.82, 2.24) is 14.9 Å². The molecule has 1 heterocycles. The van der Waals surface area contributed by atoms with Gasteiger partial charge in [0, 0.05) is 25.8 Å². The van der Waals surface area contributed by atoms with Gasteiger partial charge in [0.25, 0.3) is 5.91 Å². The van der Waals surface area contributed by atoms with E-state index in [1.807, 2.05) is 4.90 Å². The van der Waals surface area contributed by atoms with Gasteiger partial charge in [-0.15, -0.1) is 0 Å². The molecular weight excluding hydrogens is 300 g/mol. The summed E-state index contributed by atoms with van der Waals surface area (Å²) in [5.41, 5.74) is 2.00. The minimum atomic E-state index is -0.000797. The second-order valence-corrected chi connectivity index (χ2v) is 6.34. The molecule has 1 amide bonds. The summed E-state index contributed by atoms with van der Waals surface area (Å²) < 4.78 is 0. The number of hydrogen-bond donors (Lipinski definition) is 1. The minimum absolute atomic E-state index is 0.000797. The van der Waals surface area contributed by atoms with Crippen molar-refractivity contribution in [3.63, 3.8) is 0 Å². The number of carbonyl (C=O) groups excluding carboxylic acids is 1. The Kier molecular flexibility index (Phi) is 7.72. The van der Waals surface area contributed by atoms with Crippen molar-refractivity contribution in [3.8, 4) is 0 Å². The maximum atomic E-state index is 12.6. The number of hydrogen-bond acceptors (Lipinski definition) is 4. The second kappa shape index (κ2) is 10.1. The van der Waals surface area contributed by atoms with Gasteiger partial charge >= 0.3 is 0 Å². The molecule has 0 aromatic carbocycles. The standard InChI is InChI=1S/C19H30N4O/c1-3-14-23(15-4-2)18(24)17-11-13-21-19(22-17)20-12-10-16-8-6-5-7-9-16/h8,11,13H,3-7,9-10,12,14-15H2,1-2H3,(H,20,21,22). The second-order valence-electron chi connectivity index (χ2n) is 6.34. The van der Waals surface area contributed by atoms with E-state index in [4.69, 9.17) is 0 Å². The van der Waals surface area contributed by atoms with Gasteiger partial charge in [0.05, 0.1) is 0 Å². The van der Waals surface area contributed by atoms with Crippen LogP contribution < -0.4 is 5.32 Å². The van der Waals surface area contributed by atoms with Crippen LogP contribution in [0.2, 0.25) is 0 Å². The molecule has 5 heteroatoms. The summed E-state index contributed by atoms with van der Waals surface area (Å²) in [6.45, 7) is 6.53. The highest BCUT2D eigenvalue weighted by atomic mass is 16.2. The van der Waals surface area contributed by atoms with E-state index in [0.717, 1.165) is 38.9 Å². The first-order valence-electron chi connectivity index (χ1n) is 9.28. The molecule has 5 nitrogen and oxygen atoms in total. The highest BCUT2D eigenvalue weighted by molar-refractivity contribution is 5.92. The molecular formula is C19H30N4O. The number of carbonyl (C=O) groups is 1. The zero-order chi connectivity index (χ0) is 17.2. The molecule has 0 bridgehead atoms. The number of allylic oxidation sites excluding steroid dienone is 1. The molecule has 1 aromatic rings. The Hall–Kier alpha value is -1.91. The minimum Gasteiger partial charge on any atom is -0.354 e. The number of anilines is 1. The quantitative estimate of drug-likeness (QED) is 0.694. The van der Waals surface area contributed by atoms with Crippen molar-refractivity contribution in [2.45, 2.75) is 58.8 Å². The van der Waals surface area contributed by atoms with Crippen molar-refractivity contribution in [3.05, 3.63) is 29.6 Å². The summed E-state index contributed by atoms with van der Waals surface area (Å²) in [6.07, 6.45) is 12.0. The molecule has 0 saturated carbocycles. The van der Waals surface area contributed by atoms with Crippen LogP contribution in [0.1, 0.15) is 69.3 Å². The smallest absolute Gasteiger partial charge is 0.272 e. The predicted octanol–water partition coefficient (Wildman–Crippen LogP) is 4.04. The molecule has 0 aliphatic heterocycles. The van der Waals surface area contributed by atoms with Gasteiger partial charge in [-0.1, -0.05) is 25.5 Å². The summed E-state index contributed by atoms with van der Waals surface area (Å²) in [5, 5.41) is 3.26. The zero-order valence-corrected chi connectivity index (χ0v) is 15.1. The molecule has 2 rings (SSSR count). The van der Waals surface area contributed by atoms with Crippen molar-refractivity contribution in [2.75, 3.05) is 25.0 Å². The molecule has 1 aliphatic carbocycles. The lowest BCUT2D eigenvalue weighted by atomic mass is 9.97. The molecule has 0 atom stereocenters. The van der Waals surface area contributed by atoms with Crippen molar-refractivity contribution >= 4 is 11.9 Å². The summed E-state index contributed by atoms with van der Waals surface area (Å²) in [4.78, 5) is 23.1. The van der Waals surface area contributed by atoms with Gasteiger partial charge in [-0.25, -0.2) is 9.97 Å². The van der Waals surface area contributed by atoms with Crippen LogP contribution >= 0.6 is 0 Å². The Balaban J connectivity index is 1.92. The van der Waals surface area contributed by atoms with Gasteiger partial charge < -0.3 is 10.2 Å². The third-order valence-electron chi connectivity index (χ3n) is 4.26. The molecule has 0 saturated heterocycles. The average Bonchev–Trinajstić information content (AvgIpc) is 2.62. The van der Waals surface area contributed by atoms with Crippen LogP contribution in [-0.2, 0) is 0 Å². The molecule has 0 spiro atoms. The van der Waals surface area contributed by atoms with Crippen LogP contribution in [0.4, 0.5) is 5.95 Å². The van der Waals surface area contributed by atoms with E-state index in [1.165, 1.54) is 31.3 Å². The Morgan fingerprint density at radius 3 is 2.71 bits per heavy atom. The van der Waals surface area contributed by atoms with E-state index >= 15 is 0 Å². The third kappa shape index (κ3) is 5.62. The highest BCUT2D eigenvalue weighted by Gasteiger charge is 2.16. The number of amides is 1. The molecule has 132 valence electrons. The molecule has 1 N–H and O–H groups in total. The summed E-state index contributed by atoms with van der Waals surface area (Å²) in [6, 6.07) is 1.70. The van der Waals surface area contributed by atoms with E-state index in [2.05, 4.69) is 35.2 Å². The van der Waals surface area contributed by atoms with Crippen LogP contribution in [-0.4, -0.2) is 40.4 Å². The van der Waals surface area contributed by atoms with Crippen molar-refractivity contribution in [2.24, 2.45) is 0 Å². The normalized spacial score (nSPS) is 14.2. The topological polar surface area (TPSA) is 58.1 Å². The maximum absolute atomic E-state index is 12.6. The van der Waals surface area contributed by atoms with Gasteiger partial charge in [0.1, 0.15) is 5.69 Å². The first-order valence-corrected chi connectivity index (χ1v) is 9.28. The molecule has 0 fully saturated rings. The Bertz CT molecular complexity index is 550. The van der Waals surface area contributed by atoms with Gasteiger partial charge in [-0.05, 0) is 51.0 Å². The van der Waals surface area contributed by atoms with Crippen LogP contribution in [0, 0.1) is 0 Å². The maximum Gasteiger partial charge on any atom is 0.272 e. The predicted molar refractivity (Wildman–Crippen MR) is 98.2 cm³/mol. The van der Waals surface area contributed by atoms with E-state index in [-0.39, 0.29) is 5.91 Å². The van der Waals surface area contributed by atoms with Gasteiger partial charge in [0.2, 0.25) is 5.95 Å². The Morgan fingerprint density at radius 1 is 1.25 bits per heavy atom. The lowest BCUT2D eigenvalue weighted by molar-refractivity contribution is 0.0749. The lowest BCUT2D eigenvalue weighted by Crippen LogP contribution is -2.33. The van der Waals surface area contributed by atoms with Gasteiger partial charge in [0.15, 0.2) is 0 Å². The van der Waals surface area contributed by atoms with Crippen molar-refractivity contribution < 1.29 is 4.79 Å². The summed E-state index contributed by atoms with van der Waals surface area (Å²) in [7, 11) is 0. The number of rotatable bonds is 9. The highest BCUT2D eigenvalue weighted by Crippen LogP contribution is 2.19. The van der Waals surface area contributed by atoms with Crippen LogP contribution in [0.25, 0.3) is 0 Å². The molecule has 1 aliphatic rings. The number of aromatic nitrogens is 2. The van der Waals surface area contributed by atoms with E-state index in [1.54, 1.807) is 12.3 Å². The molecule has 24 heavy (non-hydrogen) atoms. The first kappa shape index (κ1) is 18.4. The monoisotopic (exact) mass is 330 g/mol. The summed E-state index contributed by atoms with van der Waals surface area (Å²) >= 11 is 0. The fraction of sp³-hybridized carbons (Fsp3) is 0.632. The third-order valence-corrected chi connectivity index (χ3v) is 4.26. The molecule has 0 radical (unpaired) electrons. The fourth-order valence-electron chi connectivity index (χ4n) is 3.05. The SMILES string of the molecule is CCCN(CCC)C(=O)c1ccnc(NCCC2=CCCCC2)n1. The average molecular weight is 330 g/mol. The van der Waals surface area contributed by atoms with Crippen molar-refractivity contribution in [1.29, 1.82) is 0 Å². The Labute approximate surface area is 145 Å². The van der Waals surface area contributed by atoms with Crippen LogP contribution in [0.3, 0.4) is 0 Å². The van der Waals surface area contributed by atoms with E-state index in [9.17, 15) is 4.79 Å². The van der Waals surface area contributed by atoms with Gasteiger partial charge in [-0.2, -0.15) is 0 Å². The van der Waals surface area contributed by atoms with E-state index < -0.39 is 0 Å². The lowest BCUT2D eigenvalue weighted by Gasteiger charge is -2.21. The Morgan fingerprint density at radius 2 is 2.04 bits per heavy atom. The summed E-state index contributed by atoms with van der Waals surface area (Å²) in [5.74, 6) is 0.546. The fourth-order valence-corrected chi connectivity index (χ4v) is 3.05. The molecule has 1 aromatic heterocycles. The number of nitrogens with one attached hydrogen (secondary N) is 1. The first-order chi connectivity index (χ1) is 11.7. The zero-order valence-electron chi connectivity index (χ0n) is 15.1.